The first-order chi connectivity index (χ1) is 7.16. The van der Waals surface area contributed by atoms with Crippen LogP contribution in [0.3, 0.4) is 0 Å². The molecule has 0 aromatic carbocycles. The third-order valence-electron chi connectivity index (χ3n) is 3.39. The van der Waals surface area contributed by atoms with Crippen LogP contribution in [-0.4, -0.2) is 43.8 Å². The van der Waals surface area contributed by atoms with E-state index in [-0.39, 0.29) is 12.1 Å². The zero-order valence-electron chi connectivity index (χ0n) is 9.53. The summed E-state index contributed by atoms with van der Waals surface area (Å²) < 4.78 is 5.21. The van der Waals surface area contributed by atoms with Crippen molar-refractivity contribution in [3.05, 3.63) is 0 Å². The van der Waals surface area contributed by atoms with E-state index in [9.17, 15) is 4.79 Å². The van der Waals surface area contributed by atoms with Crippen molar-refractivity contribution in [1.29, 1.82) is 0 Å². The van der Waals surface area contributed by atoms with Gasteiger partial charge in [0.1, 0.15) is 0 Å². The van der Waals surface area contributed by atoms with Crippen LogP contribution in [0, 0.1) is 11.8 Å². The van der Waals surface area contributed by atoms with Crippen molar-refractivity contribution >= 4 is 6.03 Å². The van der Waals surface area contributed by atoms with E-state index in [1.807, 2.05) is 7.05 Å². The lowest BCUT2D eigenvalue weighted by atomic mass is 10.3. The molecule has 0 aromatic rings. The summed E-state index contributed by atoms with van der Waals surface area (Å²) in [6.07, 6.45) is 2.21. The second-order valence-corrected chi connectivity index (χ2v) is 4.86. The summed E-state index contributed by atoms with van der Waals surface area (Å²) in [4.78, 5) is 13.5. The molecule has 0 bridgehead atoms. The highest BCUT2D eigenvalue weighted by Gasteiger charge is 2.34. The van der Waals surface area contributed by atoms with E-state index in [0.29, 0.717) is 6.61 Å². The summed E-state index contributed by atoms with van der Waals surface area (Å²) in [7, 11) is 1.87. The molecule has 3 atom stereocenters. The Morgan fingerprint density at radius 1 is 1.60 bits per heavy atom. The van der Waals surface area contributed by atoms with Gasteiger partial charge in [0.25, 0.3) is 0 Å². The normalized spacial score (nSPS) is 33.9. The Kier molecular flexibility index (Phi) is 3.14. The Morgan fingerprint density at radius 3 is 2.87 bits per heavy atom. The van der Waals surface area contributed by atoms with Gasteiger partial charge in [0, 0.05) is 20.2 Å². The molecule has 4 heteroatoms. The maximum absolute atomic E-state index is 11.7. The average molecular weight is 212 g/mol. The van der Waals surface area contributed by atoms with Gasteiger partial charge in [-0.05, 0) is 24.7 Å². The van der Waals surface area contributed by atoms with E-state index in [0.717, 1.165) is 31.4 Å². The highest BCUT2D eigenvalue weighted by molar-refractivity contribution is 5.74. The van der Waals surface area contributed by atoms with Crippen molar-refractivity contribution < 1.29 is 9.53 Å². The molecule has 2 aliphatic rings. The number of hydrogen-bond donors (Lipinski definition) is 1. The Morgan fingerprint density at radius 2 is 2.33 bits per heavy atom. The maximum Gasteiger partial charge on any atom is 0.317 e. The van der Waals surface area contributed by atoms with Crippen molar-refractivity contribution in [3.63, 3.8) is 0 Å². The van der Waals surface area contributed by atoms with E-state index in [4.69, 9.17) is 4.74 Å². The number of hydrogen-bond acceptors (Lipinski definition) is 2. The van der Waals surface area contributed by atoms with E-state index in [1.54, 1.807) is 4.90 Å². The fourth-order valence-electron chi connectivity index (χ4n) is 2.02. The lowest BCUT2D eigenvalue weighted by Crippen LogP contribution is -2.44. The van der Waals surface area contributed by atoms with Crippen LogP contribution in [0.2, 0.25) is 0 Å². The minimum Gasteiger partial charge on any atom is -0.379 e. The summed E-state index contributed by atoms with van der Waals surface area (Å²) in [6.45, 7) is 4.57. The Bertz CT molecular complexity index is 239. The second-order valence-electron chi connectivity index (χ2n) is 4.86. The number of ether oxygens (including phenoxy) is 1. The number of nitrogens with one attached hydrogen (secondary N) is 1. The van der Waals surface area contributed by atoms with Crippen molar-refractivity contribution in [2.45, 2.75) is 25.8 Å². The van der Waals surface area contributed by atoms with Crippen LogP contribution in [0.25, 0.3) is 0 Å². The van der Waals surface area contributed by atoms with E-state index in [1.165, 1.54) is 6.42 Å². The van der Waals surface area contributed by atoms with Crippen LogP contribution in [-0.2, 0) is 4.74 Å². The van der Waals surface area contributed by atoms with Gasteiger partial charge in [0.2, 0.25) is 0 Å². The molecule has 1 saturated carbocycles. The first-order valence-electron chi connectivity index (χ1n) is 5.76. The van der Waals surface area contributed by atoms with Crippen LogP contribution in [0.1, 0.15) is 19.8 Å². The fraction of sp³-hybridized carbons (Fsp3) is 0.909. The SMILES string of the molecule is CC1CC1CN(C)C(=O)NC1CCOC1. The van der Waals surface area contributed by atoms with Gasteiger partial charge in [-0.15, -0.1) is 0 Å². The highest BCUT2D eigenvalue weighted by atomic mass is 16.5. The molecule has 2 rings (SSSR count). The number of nitrogens with zero attached hydrogens (tertiary/aromatic N) is 1. The molecule has 1 N–H and O–H groups in total. The number of rotatable bonds is 3. The molecule has 15 heavy (non-hydrogen) atoms. The average Bonchev–Trinajstić information content (AvgIpc) is 2.68. The molecule has 0 aromatic heterocycles. The van der Waals surface area contributed by atoms with Crippen LogP contribution in [0.4, 0.5) is 4.79 Å². The zero-order chi connectivity index (χ0) is 10.8. The first-order valence-corrected chi connectivity index (χ1v) is 5.76. The van der Waals surface area contributed by atoms with Crippen molar-refractivity contribution in [2.24, 2.45) is 11.8 Å². The molecule has 3 unspecified atom stereocenters. The predicted octanol–water partition coefficient (Wildman–Crippen LogP) is 1.07. The minimum absolute atomic E-state index is 0.0459. The Hall–Kier alpha value is -0.770. The van der Waals surface area contributed by atoms with Gasteiger partial charge in [-0.25, -0.2) is 4.79 Å². The van der Waals surface area contributed by atoms with Gasteiger partial charge >= 0.3 is 6.03 Å². The Labute approximate surface area is 91.0 Å². The molecule has 1 aliphatic heterocycles. The number of carbonyl (C=O) groups excluding carboxylic acids is 1. The molecule has 0 spiro atoms. The molecular formula is C11H20N2O2. The maximum atomic E-state index is 11.7. The third kappa shape index (κ3) is 2.84. The topological polar surface area (TPSA) is 41.6 Å². The summed E-state index contributed by atoms with van der Waals surface area (Å²) in [5.41, 5.74) is 0. The monoisotopic (exact) mass is 212 g/mol. The van der Waals surface area contributed by atoms with Gasteiger partial charge in [-0.2, -0.15) is 0 Å². The van der Waals surface area contributed by atoms with Gasteiger partial charge in [0.15, 0.2) is 0 Å². The molecule has 2 amide bonds. The lowest BCUT2D eigenvalue weighted by molar-refractivity contribution is 0.181. The van der Waals surface area contributed by atoms with Crippen molar-refractivity contribution in [1.82, 2.24) is 10.2 Å². The fourth-order valence-corrected chi connectivity index (χ4v) is 2.02. The van der Waals surface area contributed by atoms with Crippen LogP contribution < -0.4 is 5.32 Å². The van der Waals surface area contributed by atoms with Crippen LogP contribution >= 0.6 is 0 Å². The molecule has 2 fully saturated rings. The predicted molar refractivity (Wildman–Crippen MR) is 57.7 cm³/mol. The van der Waals surface area contributed by atoms with Gasteiger partial charge in [-0.3, -0.25) is 0 Å². The zero-order valence-corrected chi connectivity index (χ0v) is 9.53. The molecule has 86 valence electrons. The Balaban J connectivity index is 1.69. The molecule has 0 radical (unpaired) electrons. The third-order valence-corrected chi connectivity index (χ3v) is 3.39. The van der Waals surface area contributed by atoms with Gasteiger partial charge < -0.3 is 15.0 Å². The largest absolute Gasteiger partial charge is 0.379 e. The van der Waals surface area contributed by atoms with Crippen LogP contribution in [0.5, 0.6) is 0 Å². The first kappa shape index (κ1) is 10.7. The summed E-state index contributed by atoms with van der Waals surface area (Å²) in [5.74, 6) is 1.52. The molecule has 4 nitrogen and oxygen atoms in total. The summed E-state index contributed by atoms with van der Waals surface area (Å²) >= 11 is 0. The minimum atomic E-state index is 0.0459. The van der Waals surface area contributed by atoms with E-state index < -0.39 is 0 Å². The lowest BCUT2D eigenvalue weighted by Gasteiger charge is -2.20. The van der Waals surface area contributed by atoms with Gasteiger partial charge in [-0.1, -0.05) is 6.92 Å². The van der Waals surface area contributed by atoms with Crippen molar-refractivity contribution in [2.75, 3.05) is 26.8 Å². The molecule has 1 saturated heterocycles. The van der Waals surface area contributed by atoms with E-state index in [2.05, 4.69) is 12.2 Å². The highest BCUT2D eigenvalue weighted by Crippen LogP contribution is 2.37. The van der Waals surface area contributed by atoms with Gasteiger partial charge in [0.05, 0.1) is 12.6 Å². The number of urea groups is 1. The molecule has 1 aliphatic carbocycles. The summed E-state index contributed by atoms with van der Waals surface area (Å²) in [5, 5.41) is 2.99. The molecule has 1 heterocycles. The van der Waals surface area contributed by atoms with E-state index >= 15 is 0 Å². The standard InChI is InChI=1S/C11H20N2O2/c1-8-5-9(8)6-13(2)11(14)12-10-3-4-15-7-10/h8-10H,3-7H2,1-2H3,(H,12,14). The smallest absolute Gasteiger partial charge is 0.317 e. The van der Waals surface area contributed by atoms with Crippen molar-refractivity contribution in [3.8, 4) is 0 Å². The number of carbonyl (C=O) groups is 1. The quantitative estimate of drug-likeness (QED) is 0.760. The summed E-state index contributed by atoms with van der Waals surface area (Å²) in [6, 6.07) is 0.265. The second kappa shape index (κ2) is 4.39. The molecular weight excluding hydrogens is 192 g/mol. The number of amides is 2. The van der Waals surface area contributed by atoms with Crippen LogP contribution in [0.15, 0.2) is 0 Å².